The van der Waals surface area contributed by atoms with Gasteiger partial charge < -0.3 is 25.6 Å². The average Bonchev–Trinajstić information content (AvgIpc) is 3.11. The molecule has 1 aromatic heterocycles. The normalized spacial score (nSPS) is 13.2. The van der Waals surface area contributed by atoms with Crippen LogP contribution in [0.15, 0.2) is 42.6 Å². The van der Waals surface area contributed by atoms with Crippen molar-refractivity contribution in [2.24, 2.45) is 0 Å². The number of benzene rings is 2. The maximum Gasteiger partial charge on any atom is 0.254 e. The van der Waals surface area contributed by atoms with Crippen molar-refractivity contribution in [3.05, 3.63) is 69.9 Å². The highest BCUT2D eigenvalue weighted by Gasteiger charge is 2.17. The summed E-state index contributed by atoms with van der Waals surface area (Å²) in [4.78, 5) is 23.9. The topological polar surface area (TPSA) is 115 Å². The average molecular weight is 520 g/mol. The lowest BCUT2D eigenvalue weighted by Crippen LogP contribution is -2.29. The van der Waals surface area contributed by atoms with Crippen LogP contribution in [0.25, 0.3) is 0 Å². The highest BCUT2D eigenvalue weighted by Crippen LogP contribution is 2.29. The van der Waals surface area contributed by atoms with E-state index in [-0.39, 0.29) is 12.5 Å². The molecule has 0 saturated carbocycles. The number of halogens is 1. The van der Waals surface area contributed by atoms with Gasteiger partial charge in [0.15, 0.2) is 5.82 Å². The molecule has 1 aliphatic rings. The number of para-hydroxylation sites is 1. The van der Waals surface area contributed by atoms with Gasteiger partial charge in [-0.1, -0.05) is 29.8 Å². The fourth-order valence-electron chi connectivity index (χ4n) is 4.29. The zero-order chi connectivity index (χ0) is 26.2. The molecule has 0 spiro atoms. The summed E-state index contributed by atoms with van der Waals surface area (Å²) >= 11 is 6.41. The zero-order valence-corrected chi connectivity index (χ0v) is 21.7. The summed E-state index contributed by atoms with van der Waals surface area (Å²) in [6.45, 7) is 5.48. The van der Waals surface area contributed by atoms with Gasteiger partial charge in [-0.05, 0) is 54.7 Å². The Morgan fingerprint density at radius 1 is 1.19 bits per heavy atom. The molecule has 3 N–H and O–H groups in total. The molecule has 3 aromatic rings. The van der Waals surface area contributed by atoms with E-state index in [1.807, 2.05) is 25.1 Å². The third kappa shape index (κ3) is 6.74. The number of nitrogens with zero attached hydrogens (tertiary/aromatic N) is 4. The fourth-order valence-corrected chi connectivity index (χ4v) is 4.43. The number of ether oxygens (including phenoxy) is 1. The van der Waals surface area contributed by atoms with E-state index in [4.69, 9.17) is 21.6 Å². The quantitative estimate of drug-likeness (QED) is 0.360. The summed E-state index contributed by atoms with van der Waals surface area (Å²) in [7, 11) is 1.73. The number of carbonyl (C=O) groups excluding carboxylic acids is 1. The second kappa shape index (κ2) is 12.5. The molecule has 0 aliphatic carbocycles. The van der Waals surface area contributed by atoms with Crippen LogP contribution < -0.4 is 16.0 Å². The maximum atomic E-state index is 12.6. The van der Waals surface area contributed by atoms with Gasteiger partial charge in [0.1, 0.15) is 11.6 Å². The molecule has 37 heavy (non-hydrogen) atoms. The summed E-state index contributed by atoms with van der Waals surface area (Å²) in [6.07, 6.45) is 3.49. The number of nitriles is 1. The first kappa shape index (κ1) is 26.4. The monoisotopic (exact) mass is 519 g/mol. The van der Waals surface area contributed by atoms with Crippen molar-refractivity contribution < 1.29 is 9.53 Å². The van der Waals surface area contributed by atoms with Gasteiger partial charge in [-0.25, -0.2) is 4.98 Å². The minimum atomic E-state index is -0.359. The van der Waals surface area contributed by atoms with E-state index in [1.54, 1.807) is 19.2 Å². The van der Waals surface area contributed by atoms with Gasteiger partial charge in [0.25, 0.3) is 5.91 Å². The Labute approximate surface area is 221 Å². The standard InChI is InChI=1S/C27H30ClN7O2/c1-18-4-3-5-22(26(36)30-11-10-29)24(18)33-25-23(28)17-31-27(34-25)32-21-7-6-19-8-12-35(14-15-37-2)13-9-20(19)16-21/h3-7,16-17H,8-9,11-15H2,1-2H3,(H,30,36)(H2,31,32,33,34). The number of carbonyl (C=O) groups is 1. The number of fused-ring (bicyclic) bond motifs is 1. The number of hydrogen-bond donors (Lipinski definition) is 3. The summed E-state index contributed by atoms with van der Waals surface area (Å²) in [5.74, 6) is 0.389. The lowest BCUT2D eigenvalue weighted by molar-refractivity contribution is 0.0959. The van der Waals surface area contributed by atoms with E-state index in [9.17, 15) is 4.79 Å². The molecule has 0 saturated heterocycles. The van der Waals surface area contributed by atoms with Crippen LogP contribution in [-0.2, 0) is 17.6 Å². The van der Waals surface area contributed by atoms with Crippen molar-refractivity contribution in [1.29, 1.82) is 5.26 Å². The Kier molecular flexibility index (Phi) is 8.90. The van der Waals surface area contributed by atoms with Crippen LogP contribution in [-0.4, -0.2) is 60.7 Å². The smallest absolute Gasteiger partial charge is 0.254 e. The van der Waals surface area contributed by atoms with E-state index in [0.29, 0.717) is 28.0 Å². The Bertz CT molecular complexity index is 1310. The molecule has 0 unspecified atom stereocenters. The Balaban J connectivity index is 1.52. The van der Waals surface area contributed by atoms with E-state index in [2.05, 4.69) is 43.0 Å². The van der Waals surface area contributed by atoms with Crippen molar-refractivity contribution in [2.45, 2.75) is 19.8 Å². The maximum absolute atomic E-state index is 12.6. The first-order valence-corrected chi connectivity index (χ1v) is 12.5. The first-order chi connectivity index (χ1) is 18.0. The molecule has 10 heteroatoms. The van der Waals surface area contributed by atoms with E-state index >= 15 is 0 Å². The molecule has 2 heterocycles. The lowest BCUT2D eigenvalue weighted by Gasteiger charge is -2.18. The second-order valence-electron chi connectivity index (χ2n) is 8.80. The van der Waals surface area contributed by atoms with E-state index < -0.39 is 0 Å². The largest absolute Gasteiger partial charge is 0.383 e. The predicted molar refractivity (Wildman–Crippen MR) is 145 cm³/mol. The first-order valence-electron chi connectivity index (χ1n) is 12.1. The third-order valence-electron chi connectivity index (χ3n) is 6.30. The van der Waals surface area contributed by atoms with Gasteiger partial charge in [0, 0.05) is 32.4 Å². The molecular weight excluding hydrogens is 490 g/mol. The van der Waals surface area contributed by atoms with Crippen LogP contribution in [0.5, 0.6) is 0 Å². The van der Waals surface area contributed by atoms with Crippen LogP contribution in [0.4, 0.5) is 23.1 Å². The highest BCUT2D eigenvalue weighted by molar-refractivity contribution is 6.33. The summed E-state index contributed by atoms with van der Waals surface area (Å²) < 4.78 is 5.23. The number of rotatable bonds is 9. The summed E-state index contributed by atoms with van der Waals surface area (Å²) in [6, 6.07) is 13.6. The SMILES string of the molecule is COCCN1CCc2ccc(Nc3ncc(Cl)c(Nc4c(C)cccc4C(=O)NCC#N)n3)cc2CC1. The Morgan fingerprint density at radius 2 is 2.00 bits per heavy atom. The molecule has 0 bridgehead atoms. The predicted octanol–water partition coefficient (Wildman–Crippen LogP) is 4.23. The highest BCUT2D eigenvalue weighted by atomic mass is 35.5. The fraction of sp³-hybridized carbons (Fsp3) is 0.333. The number of amides is 1. The van der Waals surface area contributed by atoms with E-state index in [1.165, 1.54) is 17.3 Å². The van der Waals surface area contributed by atoms with Crippen molar-refractivity contribution in [2.75, 3.05) is 50.5 Å². The molecule has 0 fully saturated rings. The minimum Gasteiger partial charge on any atom is -0.383 e. The molecule has 192 valence electrons. The van der Waals surface area contributed by atoms with Crippen LogP contribution in [0, 0.1) is 18.3 Å². The Hall–Kier alpha value is -3.71. The van der Waals surface area contributed by atoms with Crippen LogP contribution in [0.3, 0.4) is 0 Å². The molecule has 1 aliphatic heterocycles. The summed E-state index contributed by atoms with van der Waals surface area (Å²) in [5.41, 5.74) is 5.35. The van der Waals surface area contributed by atoms with Gasteiger partial charge in [0.05, 0.1) is 30.1 Å². The van der Waals surface area contributed by atoms with Crippen LogP contribution in [0.1, 0.15) is 27.0 Å². The number of aryl methyl sites for hydroxylation is 1. The van der Waals surface area contributed by atoms with Gasteiger partial charge in [-0.3, -0.25) is 4.79 Å². The number of hydrogen-bond acceptors (Lipinski definition) is 8. The number of anilines is 4. The van der Waals surface area contributed by atoms with Gasteiger partial charge in [0.2, 0.25) is 5.95 Å². The van der Waals surface area contributed by atoms with Gasteiger partial charge in [-0.2, -0.15) is 10.2 Å². The zero-order valence-electron chi connectivity index (χ0n) is 21.0. The van der Waals surface area contributed by atoms with Crippen molar-refractivity contribution in [3.8, 4) is 6.07 Å². The molecule has 9 nitrogen and oxygen atoms in total. The van der Waals surface area contributed by atoms with Crippen LogP contribution in [0.2, 0.25) is 5.02 Å². The number of methoxy groups -OCH3 is 1. The molecular formula is C27H30ClN7O2. The Morgan fingerprint density at radius 3 is 2.78 bits per heavy atom. The third-order valence-corrected chi connectivity index (χ3v) is 6.58. The molecule has 0 radical (unpaired) electrons. The van der Waals surface area contributed by atoms with Crippen molar-refractivity contribution in [1.82, 2.24) is 20.2 Å². The molecule has 4 rings (SSSR count). The van der Waals surface area contributed by atoms with Crippen molar-refractivity contribution in [3.63, 3.8) is 0 Å². The van der Waals surface area contributed by atoms with Gasteiger partial charge in [-0.15, -0.1) is 0 Å². The van der Waals surface area contributed by atoms with Gasteiger partial charge >= 0.3 is 0 Å². The minimum absolute atomic E-state index is 0.0828. The second-order valence-corrected chi connectivity index (χ2v) is 9.20. The molecule has 1 amide bonds. The molecule has 2 aromatic carbocycles. The summed E-state index contributed by atoms with van der Waals surface area (Å²) in [5, 5.41) is 18.2. The van der Waals surface area contributed by atoms with Crippen LogP contribution >= 0.6 is 11.6 Å². The number of nitrogens with one attached hydrogen (secondary N) is 3. The van der Waals surface area contributed by atoms with E-state index in [0.717, 1.165) is 50.3 Å². The lowest BCUT2D eigenvalue weighted by atomic mass is 10.0. The molecule has 0 atom stereocenters. The van der Waals surface area contributed by atoms with Crippen molar-refractivity contribution >= 4 is 40.6 Å². The number of aromatic nitrogens is 2.